The third-order valence-corrected chi connectivity index (χ3v) is 5.69. The summed E-state index contributed by atoms with van der Waals surface area (Å²) in [4.78, 5) is 18.8. The molecule has 6 nitrogen and oxygen atoms in total. The fourth-order valence-electron chi connectivity index (χ4n) is 2.92. The van der Waals surface area contributed by atoms with E-state index in [0.717, 1.165) is 23.1 Å². The Labute approximate surface area is 173 Å². The molecule has 1 atom stereocenters. The van der Waals surface area contributed by atoms with E-state index in [2.05, 4.69) is 15.6 Å². The smallest absolute Gasteiger partial charge is 0.269 e. The predicted molar refractivity (Wildman–Crippen MR) is 106 cm³/mol. The minimum Gasteiger partial charge on any atom is -0.382 e. The summed E-state index contributed by atoms with van der Waals surface area (Å²) < 4.78 is 29.4. The summed E-state index contributed by atoms with van der Waals surface area (Å²) in [6.45, 7) is 1.72. The number of rotatable bonds is 5. The van der Waals surface area contributed by atoms with Crippen molar-refractivity contribution in [3.05, 3.63) is 68.5 Å². The SMILES string of the molecule is Cc1cnn(Cc2cc(F)ccc2F)c1NC(=O)C1CC(c2ccc(Cl)s2)=NO1. The van der Waals surface area contributed by atoms with Gasteiger partial charge in [0.05, 0.1) is 22.0 Å². The highest BCUT2D eigenvalue weighted by Crippen LogP contribution is 2.27. The lowest BCUT2D eigenvalue weighted by Gasteiger charge is -2.13. The lowest BCUT2D eigenvalue weighted by molar-refractivity contribution is -0.125. The number of hydrogen-bond donors (Lipinski definition) is 1. The van der Waals surface area contributed by atoms with Crippen LogP contribution >= 0.6 is 22.9 Å². The molecule has 0 bridgehead atoms. The van der Waals surface area contributed by atoms with Crippen LogP contribution in [-0.4, -0.2) is 27.5 Å². The monoisotopic (exact) mass is 436 g/mol. The van der Waals surface area contributed by atoms with E-state index in [1.54, 1.807) is 13.0 Å². The van der Waals surface area contributed by atoms with E-state index in [-0.39, 0.29) is 12.1 Å². The second kappa shape index (κ2) is 7.92. The number of benzene rings is 1. The number of thiophene rings is 1. The van der Waals surface area contributed by atoms with E-state index in [1.807, 2.05) is 6.07 Å². The molecule has 0 aliphatic carbocycles. The maximum atomic E-state index is 14.0. The average molecular weight is 437 g/mol. The standard InChI is InChI=1S/C19H15ClF2N4O2S/c1-10-8-23-26(9-11-6-12(21)2-3-13(11)22)18(10)24-19(27)15-7-14(25-28-15)16-4-5-17(20)29-16/h2-6,8,15H,7,9H2,1H3,(H,24,27). The summed E-state index contributed by atoms with van der Waals surface area (Å²) in [6.07, 6.45) is 1.03. The highest BCUT2D eigenvalue weighted by atomic mass is 35.5. The van der Waals surface area contributed by atoms with Gasteiger partial charge >= 0.3 is 0 Å². The van der Waals surface area contributed by atoms with Gasteiger partial charge in [-0.25, -0.2) is 13.5 Å². The van der Waals surface area contributed by atoms with Gasteiger partial charge in [-0.15, -0.1) is 11.3 Å². The van der Waals surface area contributed by atoms with Crippen LogP contribution in [0.3, 0.4) is 0 Å². The first kappa shape index (κ1) is 19.5. The molecule has 29 heavy (non-hydrogen) atoms. The Hall–Kier alpha value is -2.78. The molecule has 10 heteroatoms. The Kier molecular flexibility index (Phi) is 5.33. The van der Waals surface area contributed by atoms with Gasteiger partial charge in [0, 0.05) is 17.5 Å². The topological polar surface area (TPSA) is 68.5 Å². The number of nitrogens with one attached hydrogen (secondary N) is 1. The highest BCUT2D eigenvalue weighted by molar-refractivity contribution is 7.18. The number of anilines is 1. The van der Waals surface area contributed by atoms with Crippen molar-refractivity contribution < 1.29 is 18.4 Å². The Balaban J connectivity index is 1.47. The molecule has 3 aromatic rings. The van der Waals surface area contributed by atoms with E-state index in [4.69, 9.17) is 16.4 Å². The number of hydrogen-bond acceptors (Lipinski definition) is 5. The molecular formula is C19H15ClF2N4O2S. The van der Waals surface area contributed by atoms with E-state index in [0.29, 0.717) is 27.9 Å². The summed E-state index contributed by atoms with van der Waals surface area (Å²) in [7, 11) is 0. The van der Waals surface area contributed by atoms with Gasteiger partial charge < -0.3 is 10.2 Å². The van der Waals surface area contributed by atoms with Gasteiger partial charge in [-0.3, -0.25) is 4.79 Å². The first-order valence-corrected chi connectivity index (χ1v) is 9.86. The molecule has 150 valence electrons. The van der Waals surface area contributed by atoms with Gasteiger partial charge in [0.15, 0.2) is 0 Å². The lowest BCUT2D eigenvalue weighted by Crippen LogP contribution is -2.29. The number of carbonyl (C=O) groups is 1. The molecule has 1 aliphatic heterocycles. The maximum absolute atomic E-state index is 14.0. The zero-order valence-corrected chi connectivity index (χ0v) is 16.7. The Morgan fingerprint density at radius 3 is 2.97 bits per heavy atom. The number of aryl methyl sites for hydroxylation is 1. The summed E-state index contributed by atoms with van der Waals surface area (Å²) >= 11 is 7.29. The molecule has 1 aliphatic rings. The number of halogens is 3. The molecule has 4 rings (SSSR count). The van der Waals surface area contributed by atoms with Crippen LogP contribution in [0.25, 0.3) is 0 Å². The van der Waals surface area contributed by atoms with Crippen LogP contribution < -0.4 is 5.32 Å². The van der Waals surface area contributed by atoms with E-state index in [9.17, 15) is 13.6 Å². The van der Waals surface area contributed by atoms with Gasteiger partial charge in [-0.1, -0.05) is 16.8 Å². The van der Waals surface area contributed by atoms with Crippen molar-refractivity contribution in [3.8, 4) is 0 Å². The second-order valence-corrected chi connectivity index (χ2v) is 8.21. The van der Waals surface area contributed by atoms with E-state index >= 15 is 0 Å². The van der Waals surface area contributed by atoms with Crippen LogP contribution in [0.15, 0.2) is 41.7 Å². The van der Waals surface area contributed by atoms with Crippen LogP contribution in [0, 0.1) is 18.6 Å². The zero-order valence-electron chi connectivity index (χ0n) is 15.2. The van der Waals surface area contributed by atoms with Crippen molar-refractivity contribution in [2.75, 3.05) is 5.32 Å². The fraction of sp³-hybridized carbons (Fsp3) is 0.211. The number of carbonyl (C=O) groups excluding carboxylic acids is 1. The average Bonchev–Trinajstić information content (AvgIpc) is 3.41. The summed E-state index contributed by atoms with van der Waals surface area (Å²) in [5.74, 6) is -1.12. The molecular weight excluding hydrogens is 422 g/mol. The van der Waals surface area contributed by atoms with Crippen molar-refractivity contribution in [2.24, 2.45) is 5.16 Å². The van der Waals surface area contributed by atoms with Gasteiger partial charge in [-0.2, -0.15) is 5.10 Å². The van der Waals surface area contributed by atoms with Crippen LogP contribution in [0.2, 0.25) is 4.34 Å². The molecule has 0 saturated heterocycles. The molecule has 1 unspecified atom stereocenters. The van der Waals surface area contributed by atoms with Crippen LogP contribution in [0.5, 0.6) is 0 Å². The molecule has 0 saturated carbocycles. The molecule has 0 fully saturated rings. The molecule has 1 aromatic carbocycles. The first-order chi connectivity index (χ1) is 13.9. The summed E-state index contributed by atoms with van der Waals surface area (Å²) in [5.41, 5.74) is 1.45. The second-order valence-electron chi connectivity index (χ2n) is 6.50. The van der Waals surface area contributed by atoms with E-state index in [1.165, 1.54) is 22.2 Å². The predicted octanol–water partition coefficient (Wildman–Crippen LogP) is 4.36. The third kappa shape index (κ3) is 4.15. The van der Waals surface area contributed by atoms with Crippen molar-refractivity contribution in [3.63, 3.8) is 0 Å². The van der Waals surface area contributed by atoms with Crippen LogP contribution in [0.4, 0.5) is 14.6 Å². The fourth-order valence-corrected chi connectivity index (χ4v) is 3.95. The van der Waals surface area contributed by atoms with Crippen molar-refractivity contribution >= 4 is 40.4 Å². The molecule has 1 N–H and O–H groups in total. The Morgan fingerprint density at radius 1 is 1.38 bits per heavy atom. The first-order valence-electron chi connectivity index (χ1n) is 8.66. The van der Waals surface area contributed by atoms with E-state index < -0.39 is 23.6 Å². The maximum Gasteiger partial charge on any atom is 0.269 e. The van der Waals surface area contributed by atoms with Gasteiger partial charge in [-0.05, 0) is 37.3 Å². The molecule has 0 radical (unpaired) electrons. The van der Waals surface area contributed by atoms with Gasteiger partial charge in [0.2, 0.25) is 6.10 Å². The van der Waals surface area contributed by atoms with Gasteiger partial charge in [0.25, 0.3) is 5.91 Å². The largest absolute Gasteiger partial charge is 0.382 e. The highest BCUT2D eigenvalue weighted by Gasteiger charge is 2.30. The zero-order chi connectivity index (χ0) is 20.5. The lowest BCUT2D eigenvalue weighted by atomic mass is 10.1. The number of amides is 1. The molecule has 0 spiro atoms. The number of nitrogens with zero attached hydrogens (tertiary/aromatic N) is 3. The Bertz CT molecular complexity index is 1110. The van der Waals surface area contributed by atoms with Crippen molar-refractivity contribution in [1.82, 2.24) is 9.78 Å². The van der Waals surface area contributed by atoms with Crippen molar-refractivity contribution in [2.45, 2.75) is 26.0 Å². The molecule has 1 amide bonds. The third-order valence-electron chi connectivity index (χ3n) is 4.41. The quantitative estimate of drug-likeness (QED) is 0.646. The van der Waals surface area contributed by atoms with Crippen LogP contribution in [-0.2, 0) is 16.2 Å². The minimum absolute atomic E-state index is 0.0337. The minimum atomic E-state index is -0.806. The summed E-state index contributed by atoms with van der Waals surface area (Å²) in [5, 5.41) is 10.9. The number of aromatic nitrogens is 2. The summed E-state index contributed by atoms with van der Waals surface area (Å²) in [6, 6.07) is 6.78. The van der Waals surface area contributed by atoms with Crippen LogP contribution in [0.1, 0.15) is 22.4 Å². The Morgan fingerprint density at radius 2 is 2.21 bits per heavy atom. The molecule has 3 heterocycles. The molecule has 2 aromatic heterocycles. The van der Waals surface area contributed by atoms with Crippen molar-refractivity contribution in [1.29, 1.82) is 0 Å². The number of oxime groups is 1. The normalized spacial score (nSPS) is 15.9. The van der Waals surface area contributed by atoms with Gasteiger partial charge in [0.1, 0.15) is 23.2 Å².